The summed E-state index contributed by atoms with van der Waals surface area (Å²) in [6.45, 7) is 0.597. The summed E-state index contributed by atoms with van der Waals surface area (Å²) in [5.74, 6) is 0.530. The van der Waals surface area contributed by atoms with Gasteiger partial charge in [0.25, 0.3) is 0 Å². The second-order valence-corrected chi connectivity index (χ2v) is 4.50. The molecule has 4 nitrogen and oxygen atoms in total. The highest BCUT2D eigenvalue weighted by Crippen LogP contribution is 2.37. The normalized spacial score (nSPS) is 11.8. The predicted molar refractivity (Wildman–Crippen MR) is 74.8 cm³/mol. The van der Waals surface area contributed by atoms with Crippen molar-refractivity contribution in [1.82, 2.24) is 0 Å². The average molecular weight is 326 g/mol. The Hall–Kier alpha value is -0.490. The van der Waals surface area contributed by atoms with Gasteiger partial charge in [0, 0.05) is 16.1 Å². The summed E-state index contributed by atoms with van der Waals surface area (Å²) in [7, 11) is 1.51. The van der Waals surface area contributed by atoms with Crippen molar-refractivity contribution in [1.29, 1.82) is 0 Å². The molecular formula is C11H18BrClN2O2. The molecule has 1 aromatic carbocycles. The van der Waals surface area contributed by atoms with Crippen LogP contribution in [-0.2, 0) is 0 Å². The lowest BCUT2D eigenvalue weighted by Gasteiger charge is -2.15. The van der Waals surface area contributed by atoms with Gasteiger partial charge in [-0.25, -0.2) is 0 Å². The van der Waals surface area contributed by atoms with Crippen molar-refractivity contribution in [2.75, 3.05) is 13.7 Å². The minimum atomic E-state index is -0.227. The zero-order chi connectivity index (χ0) is 12.1. The quantitative estimate of drug-likeness (QED) is 0.776. The molecule has 0 aliphatic carbocycles. The summed E-state index contributed by atoms with van der Waals surface area (Å²) in [6, 6.07) is 3.28. The lowest BCUT2D eigenvalue weighted by Crippen LogP contribution is -2.13. The topological polar surface area (TPSA) is 81.5 Å². The van der Waals surface area contributed by atoms with E-state index in [1.807, 2.05) is 0 Å². The van der Waals surface area contributed by atoms with Crippen molar-refractivity contribution in [3.05, 3.63) is 22.2 Å². The lowest BCUT2D eigenvalue weighted by atomic mass is 10.0. The molecule has 0 saturated carbocycles. The van der Waals surface area contributed by atoms with Crippen molar-refractivity contribution in [3.63, 3.8) is 0 Å². The van der Waals surface area contributed by atoms with Crippen LogP contribution < -0.4 is 16.2 Å². The largest absolute Gasteiger partial charge is 0.504 e. The van der Waals surface area contributed by atoms with E-state index in [1.54, 1.807) is 12.1 Å². The van der Waals surface area contributed by atoms with E-state index < -0.39 is 0 Å². The van der Waals surface area contributed by atoms with Gasteiger partial charge in [-0.3, -0.25) is 0 Å². The highest BCUT2D eigenvalue weighted by atomic mass is 79.9. The molecule has 6 heteroatoms. The molecule has 0 spiro atoms. The number of hydrogen-bond acceptors (Lipinski definition) is 4. The van der Waals surface area contributed by atoms with Gasteiger partial charge in [0.15, 0.2) is 11.5 Å². The molecule has 0 aliphatic heterocycles. The Morgan fingerprint density at radius 3 is 2.65 bits per heavy atom. The van der Waals surface area contributed by atoms with E-state index in [0.29, 0.717) is 17.9 Å². The molecular weight excluding hydrogens is 307 g/mol. The SMILES string of the molecule is COc1cc(Br)cc([C@@H](N)CCCN)c1O.Cl. The maximum absolute atomic E-state index is 9.93. The molecule has 0 amide bonds. The lowest BCUT2D eigenvalue weighted by molar-refractivity contribution is 0.367. The second kappa shape index (κ2) is 7.76. The van der Waals surface area contributed by atoms with Crippen LogP contribution >= 0.6 is 28.3 Å². The summed E-state index contributed by atoms with van der Waals surface area (Å²) >= 11 is 3.35. The van der Waals surface area contributed by atoms with E-state index >= 15 is 0 Å². The van der Waals surface area contributed by atoms with Crippen LogP contribution in [0.4, 0.5) is 0 Å². The molecule has 0 bridgehead atoms. The van der Waals surface area contributed by atoms with Crippen LogP contribution in [0.5, 0.6) is 11.5 Å². The number of benzene rings is 1. The molecule has 0 unspecified atom stereocenters. The maximum atomic E-state index is 9.93. The van der Waals surface area contributed by atoms with Gasteiger partial charge in [-0.15, -0.1) is 12.4 Å². The fourth-order valence-electron chi connectivity index (χ4n) is 1.53. The number of nitrogens with two attached hydrogens (primary N) is 2. The van der Waals surface area contributed by atoms with Gasteiger partial charge in [0.1, 0.15) is 0 Å². The number of phenolic OH excluding ortho intramolecular Hbond substituents is 1. The van der Waals surface area contributed by atoms with E-state index in [2.05, 4.69) is 15.9 Å². The van der Waals surface area contributed by atoms with Gasteiger partial charge < -0.3 is 21.3 Å². The standard InChI is InChI=1S/C11H17BrN2O2.ClH/c1-16-10-6-7(12)5-8(11(10)15)9(14)3-2-4-13;/h5-6,9,15H,2-4,13-14H2,1H3;1H/t9-;/m0./s1. The van der Waals surface area contributed by atoms with Crippen molar-refractivity contribution in [2.45, 2.75) is 18.9 Å². The van der Waals surface area contributed by atoms with Gasteiger partial charge in [0.05, 0.1) is 7.11 Å². The van der Waals surface area contributed by atoms with Gasteiger partial charge in [-0.1, -0.05) is 15.9 Å². The van der Waals surface area contributed by atoms with Crippen LogP contribution in [0, 0.1) is 0 Å². The molecule has 1 atom stereocenters. The summed E-state index contributed by atoms with van der Waals surface area (Å²) in [4.78, 5) is 0. The minimum Gasteiger partial charge on any atom is -0.504 e. The number of methoxy groups -OCH3 is 1. The zero-order valence-electron chi connectivity index (χ0n) is 9.65. The first-order valence-electron chi connectivity index (χ1n) is 5.12. The fourth-order valence-corrected chi connectivity index (χ4v) is 1.98. The Labute approximate surface area is 116 Å². The molecule has 1 rings (SSSR count). The molecule has 0 aromatic heterocycles. The average Bonchev–Trinajstić information content (AvgIpc) is 2.28. The first-order valence-corrected chi connectivity index (χ1v) is 5.91. The number of aromatic hydroxyl groups is 1. The summed E-state index contributed by atoms with van der Waals surface area (Å²) in [5, 5.41) is 9.93. The third-order valence-electron chi connectivity index (χ3n) is 2.41. The highest BCUT2D eigenvalue weighted by Gasteiger charge is 2.15. The third-order valence-corrected chi connectivity index (χ3v) is 2.87. The fraction of sp³-hybridized carbons (Fsp3) is 0.455. The Morgan fingerprint density at radius 2 is 2.12 bits per heavy atom. The maximum Gasteiger partial charge on any atom is 0.162 e. The molecule has 0 saturated heterocycles. The third kappa shape index (κ3) is 4.35. The molecule has 0 aliphatic rings. The number of ether oxygens (including phenoxy) is 1. The summed E-state index contributed by atoms with van der Waals surface area (Å²) in [6.07, 6.45) is 1.57. The monoisotopic (exact) mass is 324 g/mol. The second-order valence-electron chi connectivity index (χ2n) is 3.58. The minimum absolute atomic E-state index is 0. The molecule has 98 valence electrons. The molecule has 5 N–H and O–H groups in total. The Morgan fingerprint density at radius 1 is 1.47 bits per heavy atom. The van der Waals surface area contributed by atoms with Crippen LogP contribution in [0.15, 0.2) is 16.6 Å². The van der Waals surface area contributed by atoms with Crippen LogP contribution in [0.25, 0.3) is 0 Å². The molecule has 0 radical (unpaired) electrons. The molecule has 0 heterocycles. The number of rotatable bonds is 5. The number of phenols is 1. The first-order chi connectivity index (χ1) is 7.60. The molecule has 17 heavy (non-hydrogen) atoms. The summed E-state index contributed by atoms with van der Waals surface area (Å²) in [5.41, 5.74) is 12.1. The van der Waals surface area contributed by atoms with E-state index in [1.165, 1.54) is 7.11 Å². The number of hydrogen-bond donors (Lipinski definition) is 3. The van der Waals surface area contributed by atoms with Crippen LogP contribution in [0.3, 0.4) is 0 Å². The smallest absolute Gasteiger partial charge is 0.162 e. The highest BCUT2D eigenvalue weighted by molar-refractivity contribution is 9.10. The van der Waals surface area contributed by atoms with E-state index in [0.717, 1.165) is 17.3 Å². The Kier molecular flexibility index (Phi) is 7.54. The van der Waals surface area contributed by atoms with E-state index in [9.17, 15) is 5.11 Å². The van der Waals surface area contributed by atoms with Gasteiger partial charge in [-0.05, 0) is 31.5 Å². The Balaban J connectivity index is 0.00000256. The Bertz CT molecular complexity index is 364. The van der Waals surface area contributed by atoms with Gasteiger partial charge >= 0.3 is 0 Å². The molecule has 1 aromatic rings. The van der Waals surface area contributed by atoms with Crippen molar-refractivity contribution < 1.29 is 9.84 Å². The zero-order valence-corrected chi connectivity index (χ0v) is 12.1. The number of halogens is 2. The predicted octanol–water partition coefficient (Wildman–Crippen LogP) is 2.32. The van der Waals surface area contributed by atoms with E-state index in [4.69, 9.17) is 16.2 Å². The van der Waals surface area contributed by atoms with Crippen LogP contribution in [-0.4, -0.2) is 18.8 Å². The summed E-state index contributed by atoms with van der Waals surface area (Å²) < 4.78 is 5.89. The van der Waals surface area contributed by atoms with Crippen LogP contribution in [0.1, 0.15) is 24.4 Å². The van der Waals surface area contributed by atoms with Crippen molar-refractivity contribution in [3.8, 4) is 11.5 Å². The van der Waals surface area contributed by atoms with E-state index in [-0.39, 0.29) is 24.2 Å². The van der Waals surface area contributed by atoms with Crippen molar-refractivity contribution >= 4 is 28.3 Å². The van der Waals surface area contributed by atoms with Gasteiger partial charge in [-0.2, -0.15) is 0 Å². The molecule has 0 fully saturated rings. The first kappa shape index (κ1) is 16.5. The van der Waals surface area contributed by atoms with Crippen LogP contribution in [0.2, 0.25) is 0 Å². The van der Waals surface area contributed by atoms with Crippen molar-refractivity contribution in [2.24, 2.45) is 11.5 Å². The van der Waals surface area contributed by atoms with Gasteiger partial charge in [0.2, 0.25) is 0 Å².